The van der Waals surface area contributed by atoms with Crippen LogP contribution in [0, 0.1) is 0 Å². The minimum absolute atomic E-state index is 0.178. The van der Waals surface area contributed by atoms with E-state index in [0.29, 0.717) is 6.54 Å². The Kier molecular flexibility index (Phi) is 18.1. The van der Waals surface area contributed by atoms with Crippen molar-refractivity contribution in [2.75, 3.05) is 6.54 Å². The molecular formula is C28H48N2O3. The van der Waals surface area contributed by atoms with Crippen LogP contribution >= 0.6 is 0 Å². The van der Waals surface area contributed by atoms with Crippen LogP contribution in [0.1, 0.15) is 122 Å². The minimum Gasteiger partial charge on any atom is -0.508 e. The summed E-state index contributed by atoms with van der Waals surface area (Å²) in [5.41, 5.74) is 0.835. The lowest BCUT2D eigenvalue weighted by Gasteiger charge is -2.07. The molecule has 2 amide bonds. The van der Waals surface area contributed by atoms with E-state index in [2.05, 4.69) is 17.6 Å². The minimum atomic E-state index is -0.616. The van der Waals surface area contributed by atoms with Gasteiger partial charge in [-0.15, -0.1) is 0 Å². The summed E-state index contributed by atoms with van der Waals surface area (Å²) in [5.74, 6) is -1.02. The largest absolute Gasteiger partial charge is 0.508 e. The van der Waals surface area contributed by atoms with Gasteiger partial charge in [0.2, 0.25) is 0 Å². The number of carbonyl (C=O) groups is 2. The Balaban J connectivity index is 1.82. The van der Waals surface area contributed by atoms with Crippen LogP contribution in [0.2, 0.25) is 0 Å². The van der Waals surface area contributed by atoms with Crippen molar-refractivity contribution in [3.8, 4) is 5.75 Å². The zero-order valence-electron chi connectivity index (χ0n) is 21.0. The topological polar surface area (TPSA) is 78.4 Å². The second-order valence-electron chi connectivity index (χ2n) is 9.26. The molecule has 0 radical (unpaired) electrons. The normalized spacial score (nSPS) is 10.8. The average Bonchev–Trinajstić information content (AvgIpc) is 2.82. The van der Waals surface area contributed by atoms with Crippen molar-refractivity contribution in [2.45, 2.75) is 123 Å². The molecule has 5 nitrogen and oxygen atoms in total. The first kappa shape index (κ1) is 29.0. The molecular weight excluding hydrogens is 412 g/mol. The quantitative estimate of drug-likeness (QED) is 0.148. The number of carbonyl (C=O) groups excluding carboxylic acids is 2. The molecule has 0 aromatic heterocycles. The smallest absolute Gasteiger partial charge is 0.309 e. The lowest BCUT2D eigenvalue weighted by molar-refractivity contribution is -0.139. The fourth-order valence-electron chi connectivity index (χ4n) is 4.01. The summed E-state index contributed by atoms with van der Waals surface area (Å²) in [4.78, 5) is 23.7. The number of phenols is 1. The average molecular weight is 461 g/mol. The number of hydrogen-bond acceptors (Lipinski definition) is 3. The van der Waals surface area contributed by atoms with Crippen molar-refractivity contribution in [1.29, 1.82) is 0 Å². The third kappa shape index (κ3) is 17.1. The first-order valence-electron chi connectivity index (χ1n) is 13.5. The molecule has 0 aliphatic heterocycles. The maximum absolute atomic E-state index is 11.8. The summed E-state index contributed by atoms with van der Waals surface area (Å²) >= 11 is 0. The fourth-order valence-corrected chi connectivity index (χ4v) is 4.01. The van der Waals surface area contributed by atoms with Gasteiger partial charge in [-0.05, 0) is 24.1 Å². The van der Waals surface area contributed by atoms with Crippen LogP contribution in [0.3, 0.4) is 0 Å². The standard InChI is InChI=1S/C28H48N2O3/c1-2-3-4-5-6-7-8-9-10-11-12-13-14-15-16-17-18-23-29-27(32)28(33)30-24-25-19-21-26(31)22-20-25/h19-22,31H,2-18,23-24H2,1H3,(H,29,32)(H,30,33). The predicted molar refractivity (Wildman–Crippen MR) is 137 cm³/mol. The Hall–Kier alpha value is -2.04. The molecule has 0 fully saturated rings. The van der Waals surface area contributed by atoms with Crippen molar-refractivity contribution < 1.29 is 14.7 Å². The second kappa shape index (κ2) is 20.6. The van der Waals surface area contributed by atoms with E-state index in [4.69, 9.17) is 0 Å². The highest BCUT2D eigenvalue weighted by Crippen LogP contribution is 2.14. The van der Waals surface area contributed by atoms with Gasteiger partial charge in [-0.1, -0.05) is 122 Å². The summed E-state index contributed by atoms with van der Waals surface area (Å²) in [5, 5.41) is 14.5. The zero-order chi connectivity index (χ0) is 24.0. The molecule has 1 aromatic rings. The van der Waals surface area contributed by atoms with E-state index in [9.17, 15) is 14.7 Å². The first-order chi connectivity index (χ1) is 16.1. The third-order valence-corrected chi connectivity index (χ3v) is 6.16. The van der Waals surface area contributed by atoms with Crippen LogP contribution in [0.25, 0.3) is 0 Å². The van der Waals surface area contributed by atoms with Crippen LogP contribution in [-0.4, -0.2) is 23.5 Å². The van der Waals surface area contributed by atoms with Crippen molar-refractivity contribution in [1.82, 2.24) is 10.6 Å². The summed E-state index contributed by atoms with van der Waals surface area (Å²) in [6.07, 6.45) is 22.5. The van der Waals surface area contributed by atoms with Crippen molar-refractivity contribution in [3.05, 3.63) is 29.8 Å². The molecule has 3 N–H and O–H groups in total. The molecule has 1 aromatic carbocycles. The number of nitrogens with one attached hydrogen (secondary N) is 2. The second-order valence-corrected chi connectivity index (χ2v) is 9.26. The number of amides is 2. The highest BCUT2D eigenvalue weighted by Gasteiger charge is 2.11. The van der Waals surface area contributed by atoms with Gasteiger partial charge in [-0.3, -0.25) is 9.59 Å². The van der Waals surface area contributed by atoms with Gasteiger partial charge in [-0.2, -0.15) is 0 Å². The van der Waals surface area contributed by atoms with Crippen LogP contribution in [0.15, 0.2) is 24.3 Å². The molecule has 5 heteroatoms. The summed E-state index contributed by atoms with van der Waals surface area (Å²) < 4.78 is 0. The highest BCUT2D eigenvalue weighted by molar-refractivity contribution is 6.35. The predicted octanol–water partition coefficient (Wildman–Crippen LogP) is 6.78. The maximum atomic E-state index is 11.8. The Morgan fingerprint density at radius 3 is 1.45 bits per heavy atom. The van der Waals surface area contributed by atoms with Crippen LogP contribution in [-0.2, 0) is 16.1 Å². The van der Waals surface area contributed by atoms with Gasteiger partial charge in [-0.25, -0.2) is 0 Å². The van der Waals surface area contributed by atoms with Crippen LogP contribution in [0.4, 0.5) is 0 Å². The molecule has 0 unspecified atom stereocenters. The fraction of sp³-hybridized carbons (Fsp3) is 0.714. The van der Waals surface area contributed by atoms with E-state index in [0.717, 1.165) is 18.4 Å². The zero-order valence-corrected chi connectivity index (χ0v) is 21.0. The van der Waals surface area contributed by atoms with Gasteiger partial charge in [0.25, 0.3) is 0 Å². The van der Waals surface area contributed by atoms with Gasteiger partial charge >= 0.3 is 11.8 Å². The van der Waals surface area contributed by atoms with E-state index in [-0.39, 0.29) is 12.3 Å². The van der Waals surface area contributed by atoms with Crippen LogP contribution in [0.5, 0.6) is 5.75 Å². The van der Waals surface area contributed by atoms with E-state index >= 15 is 0 Å². The van der Waals surface area contributed by atoms with E-state index in [1.54, 1.807) is 24.3 Å². The Bertz CT molecular complexity index is 616. The summed E-state index contributed by atoms with van der Waals surface area (Å²) in [6, 6.07) is 6.54. The Morgan fingerprint density at radius 1 is 0.606 bits per heavy atom. The lowest BCUT2D eigenvalue weighted by atomic mass is 10.0. The van der Waals surface area contributed by atoms with Gasteiger partial charge < -0.3 is 15.7 Å². The number of benzene rings is 1. The first-order valence-corrected chi connectivity index (χ1v) is 13.5. The van der Waals surface area contributed by atoms with E-state index in [1.807, 2.05) is 0 Å². The molecule has 0 bridgehead atoms. The number of aromatic hydroxyl groups is 1. The molecule has 1 rings (SSSR count). The number of hydrogen-bond donors (Lipinski definition) is 3. The molecule has 0 heterocycles. The SMILES string of the molecule is CCCCCCCCCCCCCCCCCCCNC(=O)C(=O)NCc1ccc(O)cc1. The molecule has 0 saturated heterocycles. The highest BCUT2D eigenvalue weighted by atomic mass is 16.3. The summed E-state index contributed by atoms with van der Waals surface area (Å²) in [7, 11) is 0. The lowest BCUT2D eigenvalue weighted by Crippen LogP contribution is -2.39. The van der Waals surface area contributed by atoms with Gasteiger partial charge in [0.05, 0.1) is 0 Å². The van der Waals surface area contributed by atoms with Crippen molar-refractivity contribution in [3.63, 3.8) is 0 Å². The van der Waals surface area contributed by atoms with Crippen molar-refractivity contribution in [2.24, 2.45) is 0 Å². The molecule has 0 aliphatic carbocycles. The molecule has 0 atom stereocenters. The number of phenolic OH excluding ortho intramolecular Hbond substituents is 1. The van der Waals surface area contributed by atoms with Crippen molar-refractivity contribution >= 4 is 11.8 Å². The van der Waals surface area contributed by atoms with Gasteiger partial charge in [0.15, 0.2) is 0 Å². The summed E-state index contributed by atoms with van der Waals surface area (Å²) in [6.45, 7) is 3.09. The Labute approximate surface area is 202 Å². The molecule has 0 spiro atoms. The molecule has 0 saturated carbocycles. The van der Waals surface area contributed by atoms with Crippen LogP contribution < -0.4 is 10.6 Å². The Morgan fingerprint density at radius 2 is 1.00 bits per heavy atom. The van der Waals surface area contributed by atoms with E-state index < -0.39 is 11.8 Å². The van der Waals surface area contributed by atoms with E-state index in [1.165, 1.54) is 96.3 Å². The molecule has 33 heavy (non-hydrogen) atoms. The maximum Gasteiger partial charge on any atom is 0.309 e. The number of unbranched alkanes of at least 4 members (excludes halogenated alkanes) is 16. The molecule has 188 valence electrons. The number of rotatable bonds is 20. The third-order valence-electron chi connectivity index (χ3n) is 6.16. The molecule has 0 aliphatic rings. The van der Waals surface area contributed by atoms with Gasteiger partial charge in [0, 0.05) is 13.1 Å². The van der Waals surface area contributed by atoms with Gasteiger partial charge in [0.1, 0.15) is 5.75 Å². The monoisotopic (exact) mass is 460 g/mol.